The molecule has 0 aromatic rings. The van der Waals surface area contributed by atoms with Crippen molar-refractivity contribution in [2.45, 2.75) is 52.9 Å². The zero-order valence-corrected chi connectivity index (χ0v) is 9.27. The highest BCUT2D eigenvalue weighted by atomic mass is 14.4. The summed E-state index contributed by atoms with van der Waals surface area (Å²) in [6.45, 7) is 7.15. The standard InChI is InChI=1S/C13H22/c1-13(2,3)12-8-6-11(7-9-12)10-4-5-10/h6,10,12H,4-5,7-9H2,1-3H3. The van der Waals surface area contributed by atoms with Crippen molar-refractivity contribution in [1.82, 2.24) is 0 Å². The van der Waals surface area contributed by atoms with Crippen LogP contribution in [0.2, 0.25) is 0 Å². The van der Waals surface area contributed by atoms with Gasteiger partial charge in [-0.1, -0.05) is 32.4 Å². The maximum atomic E-state index is 2.55. The van der Waals surface area contributed by atoms with Gasteiger partial charge in [-0.3, -0.25) is 0 Å². The molecular formula is C13H22. The predicted molar refractivity (Wildman–Crippen MR) is 57.6 cm³/mol. The van der Waals surface area contributed by atoms with E-state index in [1.54, 1.807) is 5.57 Å². The lowest BCUT2D eigenvalue weighted by Gasteiger charge is -2.33. The van der Waals surface area contributed by atoms with E-state index in [0.717, 1.165) is 11.8 Å². The van der Waals surface area contributed by atoms with E-state index < -0.39 is 0 Å². The first kappa shape index (κ1) is 9.30. The van der Waals surface area contributed by atoms with Crippen LogP contribution in [0.15, 0.2) is 11.6 Å². The average Bonchev–Trinajstić information content (AvgIpc) is 2.85. The van der Waals surface area contributed by atoms with Gasteiger partial charge in [0.05, 0.1) is 0 Å². The molecule has 0 heteroatoms. The van der Waals surface area contributed by atoms with Crippen molar-refractivity contribution >= 4 is 0 Å². The molecule has 0 aliphatic heterocycles. The van der Waals surface area contributed by atoms with Gasteiger partial charge >= 0.3 is 0 Å². The predicted octanol–water partition coefficient (Wildman–Crippen LogP) is 4.17. The Morgan fingerprint density at radius 2 is 1.85 bits per heavy atom. The Balaban J connectivity index is 1.94. The van der Waals surface area contributed by atoms with Crippen molar-refractivity contribution in [3.8, 4) is 0 Å². The fourth-order valence-corrected chi connectivity index (χ4v) is 2.47. The summed E-state index contributed by atoms with van der Waals surface area (Å²) in [5, 5.41) is 0. The summed E-state index contributed by atoms with van der Waals surface area (Å²) in [5.41, 5.74) is 2.31. The zero-order valence-electron chi connectivity index (χ0n) is 9.27. The molecule has 13 heavy (non-hydrogen) atoms. The topological polar surface area (TPSA) is 0 Å². The van der Waals surface area contributed by atoms with Gasteiger partial charge in [0.1, 0.15) is 0 Å². The summed E-state index contributed by atoms with van der Waals surface area (Å²) >= 11 is 0. The third-order valence-electron chi connectivity index (χ3n) is 3.77. The second kappa shape index (κ2) is 3.15. The molecule has 74 valence electrons. The van der Waals surface area contributed by atoms with E-state index in [2.05, 4.69) is 26.8 Å². The highest BCUT2D eigenvalue weighted by Crippen LogP contribution is 2.44. The molecule has 0 N–H and O–H groups in total. The normalized spacial score (nSPS) is 30.1. The van der Waals surface area contributed by atoms with Crippen molar-refractivity contribution in [2.75, 3.05) is 0 Å². The van der Waals surface area contributed by atoms with Crippen LogP contribution in [-0.2, 0) is 0 Å². The van der Waals surface area contributed by atoms with Crippen LogP contribution in [0.25, 0.3) is 0 Å². The van der Waals surface area contributed by atoms with Gasteiger partial charge in [0.15, 0.2) is 0 Å². The molecule has 0 amide bonds. The number of rotatable bonds is 1. The van der Waals surface area contributed by atoms with E-state index >= 15 is 0 Å². The van der Waals surface area contributed by atoms with Crippen LogP contribution in [0.1, 0.15) is 52.9 Å². The Labute approximate surface area is 82.4 Å². The molecule has 1 atom stereocenters. The quantitative estimate of drug-likeness (QED) is 0.529. The smallest absolute Gasteiger partial charge is 0.0203 e. The van der Waals surface area contributed by atoms with Crippen LogP contribution in [0, 0.1) is 17.3 Å². The average molecular weight is 178 g/mol. The highest BCUT2D eigenvalue weighted by Gasteiger charge is 2.31. The minimum absolute atomic E-state index is 0.519. The zero-order chi connectivity index (χ0) is 9.47. The molecule has 2 rings (SSSR count). The minimum Gasteiger partial charge on any atom is -0.0848 e. The molecule has 1 fully saturated rings. The van der Waals surface area contributed by atoms with Gasteiger partial charge in [0.2, 0.25) is 0 Å². The number of hydrogen-bond acceptors (Lipinski definition) is 0. The maximum Gasteiger partial charge on any atom is -0.0203 e. The van der Waals surface area contributed by atoms with Crippen molar-refractivity contribution in [3.63, 3.8) is 0 Å². The number of allylic oxidation sites excluding steroid dienone is 2. The summed E-state index contributed by atoms with van der Waals surface area (Å²) in [7, 11) is 0. The van der Waals surface area contributed by atoms with Crippen LogP contribution in [-0.4, -0.2) is 0 Å². The molecular weight excluding hydrogens is 156 g/mol. The van der Waals surface area contributed by atoms with Crippen LogP contribution in [0.5, 0.6) is 0 Å². The van der Waals surface area contributed by atoms with Crippen LogP contribution < -0.4 is 0 Å². The SMILES string of the molecule is CC(C)(C)C1CC=C(C2CC2)CC1. The van der Waals surface area contributed by atoms with E-state index in [9.17, 15) is 0 Å². The molecule has 0 nitrogen and oxygen atoms in total. The summed E-state index contributed by atoms with van der Waals surface area (Å²) in [6, 6.07) is 0. The molecule has 1 saturated carbocycles. The van der Waals surface area contributed by atoms with Crippen LogP contribution in [0.3, 0.4) is 0 Å². The molecule has 0 radical (unpaired) electrons. The summed E-state index contributed by atoms with van der Waals surface area (Å²) in [6.07, 6.45) is 9.68. The molecule has 2 aliphatic carbocycles. The third-order valence-corrected chi connectivity index (χ3v) is 3.77. The molecule has 1 unspecified atom stereocenters. The van der Waals surface area contributed by atoms with Gasteiger partial charge in [-0.25, -0.2) is 0 Å². The highest BCUT2D eigenvalue weighted by molar-refractivity contribution is 5.15. The van der Waals surface area contributed by atoms with Gasteiger partial charge in [0, 0.05) is 0 Å². The summed E-state index contributed by atoms with van der Waals surface area (Å²) in [4.78, 5) is 0. The summed E-state index contributed by atoms with van der Waals surface area (Å²) in [5.74, 6) is 1.94. The van der Waals surface area contributed by atoms with Gasteiger partial charge in [-0.05, 0) is 49.4 Å². The van der Waals surface area contributed by atoms with Crippen molar-refractivity contribution in [3.05, 3.63) is 11.6 Å². The van der Waals surface area contributed by atoms with Crippen molar-refractivity contribution in [2.24, 2.45) is 17.3 Å². The second-order valence-corrected chi connectivity index (χ2v) is 5.89. The van der Waals surface area contributed by atoms with E-state index in [-0.39, 0.29) is 0 Å². The van der Waals surface area contributed by atoms with Crippen molar-refractivity contribution < 1.29 is 0 Å². The first-order chi connectivity index (χ1) is 6.07. The molecule has 2 aliphatic rings. The molecule has 0 aromatic heterocycles. The molecule has 0 heterocycles. The molecule has 0 bridgehead atoms. The lowest BCUT2D eigenvalue weighted by molar-refractivity contribution is 0.219. The summed E-state index contributed by atoms with van der Waals surface area (Å²) < 4.78 is 0. The first-order valence-corrected chi connectivity index (χ1v) is 5.76. The van der Waals surface area contributed by atoms with Crippen LogP contribution in [0.4, 0.5) is 0 Å². The van der Waals surface area contributed by atoms with E-state index in [0.29, 0.717) is 5.41 Å². The van der Waals surface area contributed by atoms with Crippen LogP contribution >= 0.6 is 0 Å². The third kappa shape index (κ3) is 2.15. The Hall–Kier alpha value is -0.260. The van der Waals surface area contributed by atoms with Gasteiger partial charge in [-0.15, -0.1) is 0 Å². The Bertz CT molecular complexity index is 213. The van der Waals surface area contributed by atoms with Gasteiger partial charge in [0.25, 0.3) is 0 Å². The van der Waals surface area contributed by atoms with Crippen molar-refractivity contribution in [1.29, 1.82) is 0 Å². The minimum atomic E-state index is 0.519. The molecule has 0 spiro atoms. The molecule has 0 saturated heterocycles. The first-order valence-electron chi connectivity index (χ1n) is 5.76. The Morgan fingerprint density at radius 3 is 2.23 bits per heavy atom. The lowest BCUT2D eigenvalue weighted by Crippen LogP contribution is -2.22. The van der Waals surface area contributed by atoms with E-state index in [1.165, 1.54) is 32.1 Å². The lowest BCUT2D eigenvalue weighted by atomic mass is 9.72. The monoisotopic (exact) mass is 178 g/mol. The van der Waals surface area contributed by atoms with E-state index in [1.807, 2.05) is 0 Å². The van der Waals surface area contributed by atoms with E-state index in [4.69, 9.17) is 0 Å². The fraction of sp³-hybridized carbons (Fsp3) is 0.846. The Kier molecular flexibility index (Phi) is 2.25. The second-order valence-electron chi connectivity index (χ2n) is 5.89. The number of hydrogen-bond donors (Lipinski definition) is 0. The molecule has 0 aromatic carbocycles. The Morgan fingerprint density at radius 1 is 1.15 bits per heavy atom. The fourth-order valence-electron chi connectivity index (χ4n) is 2.47. The van der Waals surface area contributed by atoms with Gasteiger partial charge in [-0.2, -0.15) is 0 Å². The van der Waals surface area contributed by atoms with Gasteiger partial charge < -0.3 is 0 Å². The largest absolute Gasteiger partial charge is 0.0848 e. The maximum absolute atomic E-state index is 2.55.